The van der Waals surface area contributed by atoms with Crippen LogP contribution in [-0.2, 0) is 11.0 Å². The number of hydrogen-bond donors (Lipinski definition) is 1. The predicted molar refractivity (Wildman–Crippen MR) is 96.9 cm³/mol. The van der Waals surface area contributed by atoms with E-state index in [9.17, 15) is 22.4 Å². The van der Waals surface area contributed by atoms with Gasteiger partial charge >= 0.3 is 6.18 Å². The van der Waals surface area contributed by atoms with Crippen LogP contribution in [0.3, 0.4) is 0 Å². The molecule has 152 valence electrons. The van der Waals surface area contributed by atoms with Crippen LogP contribution in [0.1, 0.15) is 17.1 Å². The number of aromatic nitrogens is 3. The summed E-state index contributed by atoms with van der Waals surface area (Å²) in [4.78, 5) is 20.7. The van der Waals surface area contributed by atoms with Gasteiger partial charge in [0.1, 0.15) is 23.0 Å². The van der Waals surface area contributed by atoms with Crippen molar-refractivity contribution in [2.24, 2.45) is 0 Å². The molecule has 0 bridgehead atoms. The van der Waals surface area contributed by atoms with Gasteiger partial charge in [-0.05, 0) is 38.1 Å². The molecular formula is C19H16F4N4O2. The normalized spacial score (nSPS) is 10.6. The molecule has 0 radical (unpaired) electrons. The minimum absolute atomic E-state index is 0.218. The van der Waals surface area contributed by atoms with E-state index in [0.717, 1.165) is 23.7 Å². The highest BCUT2D eigenvalue weighted by atomic mass is 19.4. The molecule has 3 aromatic heterocycles. The van der Waals surface area contributed by atoms with E-state index in [1.807, 2.05) is 13.8 Å². The second-order valence-corrected chi connectivity index (χ2v) is 5.67. The van der Waals surface area contributed by atoms with Gasteiger partial charge in [0.05, 0.1) is 6.20 Å². The van der Waals surface area contributed by atoms with Crippen LogP contribution in [0.5, 0.6) is 11.5 Å². The van der Waals surface area contributed by atoms with Crippen LogP contribution < -0.4 is 10.1 Å². The maximum absolute atomic E-state index is 12.3. The van der Waals surface area contributed by atoms with Crippen molar-refractivity contribution in [3.8, 4) is 11.5 Å². The number of alkyl halides is 3. The first-order valence-electron chi connectivity index (χ1n) is 8.16. The number of rotatable bonds is 4. The molecule has 29 heavy (non-hydrogen) atoms. The van der Waals surface area contributed by atoms with Crippen molar-refractivity contribution in [3.63, 3.8) is 0 Å². The Morgan fingerprint density at radius 3 is 2.21 bits per heavy atom. The SMILES string of the molecule is Cc1cc(Oc2ccc(C(F)(F)F)nc2)cc(C)n1.O=CNc1cccc(F)n1. The van der Waals surface area contributed by atoms with E-state index < -0.39 is 17.8 Å². The van der Waals surface area contributed by atoms with Crippen LogP contribution in [0.25, 0.3) is 0 Å². The van der Waals surface area contributed by atoms with Crippen LogP contribution in [0, 0.1) is 19.8 Å². The number of pyridine rings is 3. The first kappa shape index (κ1) is 21.7. The van der Waals surface area contributed by atoms with E-state index in [0.29, 0.717) is 12.2 Å². The third-order valence-electron chi connectivity index (χ3n) is 3.24. The van der Waals surface area contributed by atoms with Crippen molar-refractivity contribution in [2.75, 3.05) is 5.32 Å². The van der Waals surface area contributed by atoms with Crippen LogP contribution in [0.4, 0.5) is 23.4 Å². The van der Waals surface area contributed by atoms with E-state index in [-0.39, 0.29) is 11.6 Å². The number of hydrogen-bond acceptors (Lipinski definition) is 5. The minimum Gasteiger partial charge on any atom is -0.456 e. The Hall–Kier alpha value is -3.56. The van der Waals surface area contributed by atoms with Crippen LogP contribution >= 0.6 is 0 Å². The first-order valence-corrected chi connectivity index (χ1v) is 8.16. The molecule has 1 amide bonds. The van der Waals surface area contributed by atoms with Gasteiger partial charge in [-0.2, -0.15) is 17.6 Å². The standard InChI is InChI=1S/C13H11F3N2O.C6H5FN2O/c1-8-5-11(6-9(2)18-8)19-10-3-4-12(17-7-10)13(14,15)16;7-5-2-1-3-6(9-5)8-4-10/h3-7H,1-2H3;1-4H,(H,8,9,10). The summed E-state index contributed by atoms with van der Waals surface area (Å²) in [6.45, 7) is 3.62. The molecule has 0 aliphatic carbocycles. The Morgan fingerprint density at radius 2 is 1.69 bits per heavy atom. The van der Waals surface area contributed by atoms with E-state index in [1.165, 1.54) is 24.3 Å². The first-order chi connectivity index (χ1) is 13.7. The number of anilines is 1. The minimum atomic E-state index is -4.44. The average Bonchev–Trinajstić information content (AvgIpc) is 2.61. The van der Waals surface area contributed by atoms with Gasteiger partial charge in [-0.1, -0.05) is 6.07 Å². The summed E-state index contributed by atoms with van der Waals surface area (Å²) >= 11 is 0. The zero-order valence-electron chi connectivity index (χ0n) is 15.4. The number of amides is 1. The van der Waals surface area contributed by atoms with E-state index in [4.69, 9.17) is 4.74 Å². The van der Waals surface area contributed by atoms with Crippen LogP contribution in [0.15, 0.2) is 48.7 Å². The second kappa shape index (κ2) is 9.58. The zero-order valence-corrected chi connectivity index (χ0v) is 15.4. The molecule has 10 heteroatoms. The maximum Gasteiger partial charge on any atom is 0.433 e. The molecule has 0 atom stereocenters. The van der Waals surface area contributed by atoms with Crippen molar-refractivity contribution < 1.29 is 27.1 Å². The molecule has 0 saturated heterocycles. The third kappa shape index (κ3) is 7.17. The maximum atomic E-state index is 12.3. The van der Waals surface area contributed by atoms with Crippen molar-refractivity contribution >= 4 is 12.2 Å². The van der Waals surface area contributed by atoms with Gasteiger partial charge in [0.2, 0.25) is 12.4 Å². The molecule has 0 aromatic carbocycles. The fraction of sp³-hybridized carbons (Fsp3) is 0.158. The Balaban J connectivity index is 0.000000253. The Bertz CT molecular complexity index is 943. The van der Waals surface area contributed by atoms with E-state index in [1.54, 1.807) is 12.1 Å². The quantitative estimate of drug-likeness (QED) is 0.385. The highest BCUT2D eigenvalue weighted by Crippen LogP contribution is 2.29. The second-order valence-electron chi connectivity index (χ2n) is 5.67. The largest absolute Gasteiger partial charge is 0.456 e. The summed E-state index contributed by atoms with van der Waals surface area (Å²) < 4.78 is 54.7. The lowest BCUT2D eigenvalue weighted by atomic mass is 10.3. The number of nitrogens with zero attached hydrogens (tertiary/aromatic N) is 3. The number of aryl methyl sites for hydroxylation is 2. The molecule has 3 aromatic rings. The van der Waals surface area contributed by atoms with Crippen molar-refractivity contribution in [1.82, 2.24) is 15.0 Å². The number of carbonyl (C=O) groups excluding carboxylic acids is 1. The van der Waals surface area contributed by atoms with Crippen LogP contribution in [0.2, 0.25) is 0 Å². The van der Waals surface area contributed by atoms with Gasteiger partial charge in [0.15, 0.2) is 0 Å². The van der Waals surface area contributed by atoms with Gasteiger partial charge in [-0.15, -0.1) is 0 Å². The molecular weight excluding hydrogens is 392 g/mol. The van der Waals surface area contributed by atoms with E-state index in [2.05, 4.69) is 20.3 Å². The van der Waals surface area contributed by atoms with Crippen molar-refractivity contribution in [1.29, 1.82) is 0 Å². The summed E-state index contributed by atoms with van der Waals surface area (Å²) in [7, 11) is 0. The number of nitrogens with one attached hydrogen (secondary N) is 1. The molecule has 6 nitrogen and oxygen atoms in total. The number of ether oxygens (including phenoxy) is 1. The predicted octanol–water partition coefficient (Wildman–Crippen LogP) is 4.69. The third-order valence-corrected chi connectivity index (χ3v) is 3.24. The Kier molecular flexibility index (Phi) is 7.18. The molecule has 0 aliphatic heterocycles. The summed E-state index contributed by atoms with van der Waals surface area (Å²) in [6.07, 6.45) is -2.95. The summed E-state index contributed by atoms with van der Waals surface area (Å²) in [5.74, 6) is 0.381. The van der Waals surface area contributed by atoms with Crippen molar-refractivity contribution in [2.45, 2.75) is 20.0 Å². The van der Waals surface area contributed by atoms with Gasteiger partial charge in [0, 0.05) is 23.5 Å². The average molecular weight is 408 g/mol. The molecule has 0 saturated carbocycles. The summed E-state index contributed by atoms with van der Waals surface area (Å²) in [5, 5.41) is 2.22. The smallest absolute Gasteiger partial charge is 0.433 e. The van der Waals surface area contributed by atoms with Gasteiger partial charge in [-0.3, -0.25) is 9.78 Å². The van der Waals surface area contributed by atoms with Gasteiger partial charge < -0.3 is 10.1 Å². The van der Waals surface area contributed by atoms with Crippen molar-refractivity contribution in [3.05, 3.63) is 71.7 Å². The monoisotopic (exact) mass is 408 g/mol. The molecule has 3 heterocycles. The highest BCUT2D eigenvalue weighted by Gasteiger charge is 2.32. The lowest BCUT2D eigenvalue weighted by Crippen LogP contribution is -2.07. The zero-order chi connectivity index (χ0) is 21.4. The summed E-state index contributed by atoms with van der Waals surface area (Å²) in [5.41, 5.74) is 0.603. The lowest BCUT2D eigenvalue weighted by molar-refractivity contribution is -0.141. The highest BCUT2D eigenvalue weighted by molar-refractivity contribution is 5.68. The number of carbonyl (C=O) groups is 1. The van der Waals surface area contributed by atoms with E-state index >= 15 is 0 Å². The Morgan fingerprint density at radius 1 is 1.00 bits per heavy atom. The van der Waals surface area contributed by atoms with Gasteiger partial charge in [-0.25, -0.2) is 9.97 Å². The molecule has 0 fully saturated rings. The Labute approximate surface area is 163 Å². The molecule has 3 rings (SSSR count). The fourth-order valence-electron chi connectivity index (χ4n) is 2.15. The number of halogens is 4. The van der Waals surface area contributed by atoms with Gasteiger partial charge in [0.25, 0.3) is 0 Å². The molecule has 0 spiro atoms. The molecule has 1 N–H and O–H groups in total. The molecule has 0 aliphatic rings. The summed E-state index contributed by atoms with van der Waals surface area (Å²) in [6, 6.07) is 9.69. The molecule has 0 unspecified atom stereocenters. The topological polar surface area (TPSA) is 77.0 Å². The fourth-order valence-corrected chi connectivity index (χ4v) is 2.15. The lowest BCUT2D eigenvalue weighted by Gasteiger charge is -2.09. The van der Waals surface area contributed by atoms with Crippen LogP contribution in [-0.4, -0.2) is 21.4 Å².